The second-order valence-corrected chi connectivity index (χ2v) is 3.08. The molecule has 0 N–H and O–H groups in total. The van der Waals surface area contributed by atoms with Crippen LogP contribution in [0.3, 0.4) is 0 Å². The molecule has 0 rings (SSSR count). The van der Waals surface area contributed by atoms with E-state index in [1.165, 1.54) is 0 Å². The molecule has 13 heavy (non-hydrogen) atoms. The number of rotatable bonds is 5. The van der Waals surface area contributed by atoms with Crippen LogP contribution in [-0.4, -0.2) is 5.78 Å². The van der Waals surface area contributed by atoms with Crippen LogP contribution >= 0.6 is 0 Å². The third kappa shape index (κ3) is 5.18. The topological polar surface area (TPSA) is 17.1 Å². The average Bonchev–Trinajstić information content (AvgIpc) is 2.11. The second kappa shape index (κ2) is 6.41. The number of carbonyl (C=O) groups is 1. The highest BCUT2D eigenvalue weighted by Gasteiger charge is 2.00. The molecule has 0 unspecified atom stereocenters. The van der Waals surface area contributed by atoms with Crippen LogP contribution in [-0.2, 0) is 4.79 Å². The van der Waals surface area contributed by atoms with Gasteiger partial charge in [-0.2, -0.15) is 0 Å². The Morgan fingerprint density at radius 2 is 2.08 bits per heavy atom. The predicted molar refractivity (Wildman–Crippen MR) is 57.6 cm³/mol. The summed E-state index contributed by atoms with van der Waals surface area (Å²) in [7, 11) is 0. The van der Waals surface area contributed by atoms with Gasteiger partial charge in [-0.3, -0.25) is 4.79 Å². The number of ketones is 1. The SMILES string of the molecule is C=C(C)C/C=C/C(=C\C)C(=O)CC. The van der Waals surface area contributed by atoms with Gasteiger partial charge in [-0.15, -0.1) is 0 Å². The smallest absolute Gasteiger partial charge is 0.162 e. The fourth-order valence-corrected chi connectivity index (χ4v) is 0.941. The van der Waals surface area contributed by atoms with Crippen LogP contribution in [0.2, 0.25) is 0 Å². The van der Waals surface area contributed by atoms with Gasteiger partial charge in [0, 0.05) is 12.0 Å². The third-order valence-corrected chi connectivity index (χ3v) is 1.72. The maximum Gasteiger partial charge on any atom is 0.162 e. The number of hydrogen-bond donors (Lipinski definition) is 0. The van der Waals surface area contributed by atoms with Gasteiger partial charge in [-0.1, -0.05) is 37.3 Å². The summed E-state index contributed by atoms with van der Waals surface area (Å²) in [4.78, 5) is 11.3. The third-order valence-electron chi connectivity index (χ3n) is 1.72. The molecule has 0 aliphatic carbocycles. The van der Waals surface area contributed by atoms with Crippen molar-refractivity contribution in [2.45, 2.75) is 33.6 Å². The van der Waals surface area contributed by atoms with E-state index < -0.39 is 0 Å². The van der Waals surface area contributed by atoms with Crippen LogP contribution < -0.4 is 0 Å². The van der Waals surface area contributed by atoms with E-state index >= 15 is 0 Å². The molecule has 0 aromatic heterocycles. The van der Waals surface area contributed by atoms with Gasteiger partial charge < -0.3 is 0 Å². The zero-order valence-electron chi connectivity index (χ0n) is 8.76. The summed E-state index contributed by atoms with van der Waals surface area (Å²) in [5, 5.41) is 0. The van der Waals surface area contributed by atoms with Crippen molar-refractivity contribution in [1.29, 1.82) is 0 Å². The molecule has 0 aromatic carbocycles. The molecule has 0 atom stereocenters. The Hall–Kier alpha value is -1.11. The largest absolute Gasteiger partial charge is 0.294 e. The van der Waals surface area contributed by atoms with Gasteiger partial charge in [0.2, 0.25) is 0 Å². The van der Waals surface area contributed by atoms with Crippen LogP contribution in [0.25, 0.3) is 0 Å². The quantitative estimate of drug-likeness (QED) is 0.358. The first-order valence-electron chi connectivity index (χ1n) is 4.62. The predicted octanol–water partition coefficient (Wildman–Crippen LogP) is 3.43. The average molecular weight is 178 g/mol. The minimum Gasteiger partial charge on any atom is -0.294 e. The molecule has 72 valence electrons. The van der Waals surface area contributed by atoms with E-state index in [-0.39, 0.29) is 5.78 Å². The number of allylic oxidation sites excluding steroid dienone is 5. The molecular weight excluding hydrogens is 160 g/mol. The first-order chi connectivity index (χ1) is 6.11. The molecule has 0 saturated carbocycles. The van der Waals surface area contributed by atoms with Gasteiger partial charge in [0.15, 0.2) is 5.78 Å². The monoisotopic (exact) mass is 178 g/mol. The van der Waals surface area contributed by atoms with E-state index in [0.717, 1.165) is 17.6 Å². The Bertz CT molecular complexity index is 244. The zero-order chi connectivity index (χ0) is 10.3. The van der Waals surface area contributed by atoms with Gasteiger partial charge in [0.1, 0.15) is 0 Å². The fourth-order valence-electron chi connectivity index (χ4n) is 0.941. The maximum absolute atomic E-state index is 11.3. The van der Waals surface area contributed by atoms with Crippen molar-refractivity contribution < 1.29 is 4.79 Å². The Balaban J connectivity index is 4.22. The fraction of sp³-hybridized carbons (Fsp3) is 0.417. The highest BCUT2D eigenvalue weighted by molar-refractivity contribution is 5.97. The summed E-state index contributed by atoms with van der Waals surface area (Å²) in [6.07, 6.45) is 7.11. The molecule has 1 heteroatoms. The highest BCUT2D eigenvalue weighted by Crippen LogP contribution is 2.04. The van der Waals surface area contributed by atoms with Crippen molar-refractivity contribution >= 4 is 5.78 Å². The maximum atomic E-state index is 11.3. The summed E-state index contributed by atoms with van der Waals surface area (Å²) in [6, 6.07) is 0. The Morgan fingerprint density at radius 1 is 1.46 bits per heavy atom. The number of hydrogen-bond acceptors (Lipinski definition) is 1. The molecule has 0 heterocycles. The summed E-state index contributed by atoms with van der Waals surface area (Å²) in [5.41, 5.74) is 1.90. The molecule has 0 spiro atoms. The summed E-state index contributed by atoms with van der Waals surface area (Å²) in [6.45, 7) is 9.52. The van der Waals surface area contributed by atoms with Crippen molar-refractivity contribution in [2.75, 3.05) is 0 Å². The van der Waals surface area contributed by atoms with Crippen molar-refractivity contribution in [3.63, 3.8) is 0 Å². The van der Waals surface area contributed by atoms with Crippen LogP contribution in [0.4, 0.5) is 0 Å². The first-order valence-corrected chi connectivity index (χ1v) is 4.62. The van der Waals surface area contributed by atoms with Gasteiger partial charge in [0.05, 0.1) is 0 Å². The number of Topliss-reactive ketones (excluding diaryl/α,β-unsaturated/α-hetero) is 1. The molecular formula is C12H18O. The van der Waals surface area contributed by atoms with E-state index in [4.69, 9.17) is 0 Å². The number of carbonyl (C=O) groups excluding carboxylic acids is 1. The summed E-state index contributed by atoms with van der Waals surface area (Å²) < 4.78 is 0. The van der Waals surface area contributed by atoms with Crippen LogP contribution in [0, 0.1) is 0 Å². The van der Waals surface area contributed by atoms with E-state index in [9.17, 15) is 4.79 Å². The minimum atomic E-state index is 0.195. The van der Waals surface area contributed by atoms with E-state index in [1.54, 1.807) is 0 Å². The van der Waals surface area contributed by atoms with Gasteiger partial charge in [-0.05, 0) is 20.3 Å². The lowest BCUT2D eigenvalue weighted by Gasteiger charge is -1.96. The molecule has 0 fully saturated rings. The Morgan fingerprint density at radius 3 is 2.46 bits per heavy atom. The van der Waals surface area contributed by atoms with Crippen LogP contribution in [0.5, 0.6) is 0 Å². The molecule has 0 aromatic rings. The lowest BCUT2D eigenvalue weighted by Crippen LogP contribution is -1.96. The molecule has 1 nitrogen and oxygen atoms in total. The Kier molecular flexibility index (Phi) is 5.86. The molecule has 0 bridgehead atoms. The first kappa shape index (κ1) is 11.9. The van der Waals surface area contributed by atoms with Gasteiger partial charge in [-0.25, -0.2) is 0 Å². The normalized spacial score (nSPS) is 12.1. The van der Waals surface area contributed by atoms with E-state index in [2.05, 4.69) is 6.58 Å². The van der Waals surface area contributed by atoms with Gasteiger partial charge >= 0.3 is 0 Å². The molecule has 0 aliphatic heterocycles. The van der Waals surface area contributed by atoms with E-state index in [1.807, 2.05) is 39.0 Å². The minimum absolute atomic E-state index is 0.195. The van der Waals surface area contributed by atoms with Crippen LogP contribution in [0.15, 0.2) is 36.0 Å². The van der Waals surface area contributed by atoms with Crippen LogP contribution in [0.1, 0.15) is 33.6 Å². The summed E-state index contributed by atoms with van der Waals surface area (Å²) >= 11 is 0. The van der Waals surface area contributed by atoms with E-state index in [0.29, 0.717) is 6.42 Å². The molecule has 0 radical (unpaired) electrons. The lowest BCUT2D eigenvalue weighted by molar-refractivity contribution is -0.115. The molecule has 0 aliphatic rings. The van der Waals surface area contributed by atoms with Crippen molar-refractivity contribution in [1.82, 2.24) is 0 Å². The highest BCUT2D eigenvalue weighted by atomic mass is 16.1. The zero-order valence-corrected chi connectivity index (χ0v) is 8.76. The molecule has 0 saturated heterocycles. The summed E-state index contributed by atoms with van der Waals surface area (Å²) in [5.74, 6) is 0.195. The second-order valence-electron chi connectivity index (χ2n) is 3.08. The Labute approximate surface area is 80.8 Å². The molecule has 0 amide bonds. The van der Waals surface area contributed by atoms with Crippen molar-refractivity contribution in [3.05, 3.63) is 36.0 Å². The van der Waals surface area contributed by atoms with Crippen molar-refractivity contribution in [3.8, 4) is 0 Å². The standard InChI is InChI=1S/C12H18O/c1-5-11(12(13)6-2)9-7-8-10(3)4/h5,7,9H,3,6,8H2,1-2,4H3/b9-7+,11-5+. The lowest BCUT2D eigenvalue weighted by atomic mass is 10.1. The van der Waals surface area contributed by atoms with Gasteiger partial charge in [0.25, 0.3) is 0 Å². The van der Waals surface area contributed by atoms with Crippen molar-refractivity contribution in [2.24, 2.45) is 0 Å².